The smallest absolute Gasteiger partial charge is 0.152 e. The molecule has 0 saturated carbocycles. The lowest BCUT2D eigenvalue weighted by molar-refractivity contribution is 0.205. The minimum atomic E-state index is -2.81. The molecule has 3 N–H and O–H groups in total. The van der Waals surface area contributed by atoms with Crippen molar-refractivity contribution in [3.05, 3.63) is 24.0 Å². The van der Waals surface area contributed by atoms with Gasteiger partial charge < -0.3 is 10.7 Å². The number of hydrogen-bond donors (Lipinski definition) is 2. The fourth-order valence-corrected chi connectivity index (χ4v) is 3.53. The van der Waals surface area contributed by atoms with E-state index in [1.54, 1.807) is 0 Å². The molecule has 0 radical (unpaired) electrons. The number of sulfone groups is 1. The molecule has 17 heavy (non-hydrogen) atoms. The molecule has 1 unspecified atom stereocenters. The maximum atomic E-state index is 11.4. The molecule has 1 aromatic heterocycles. The molecule has 1 atom stereocenters. The van der Waals surface area contributed by atoms with E-state index in [-0.39, 0.29) is 17.5 Å². The first kappa shape index (κ1) is 12.6. The summed E-state index contributed by atoms with van der Waals surface area (Å²) in [6.07, 6.45) is 4.71. The van der Waals surface area contributed by atoms with Gasteiger partial charge in [0.25, 0.3) is 0 Å². The van der Waals surface area contributed by atoms with Crippen LogP contribution in [0, 0.1) is 0 Å². The summed E-state index contributed by atoms with van der Waals surface area (Å²) in [5.41, 5.74) is 6.83. The molecule has 0 spiro atoms. The summed E-state index contributed by atoms with van der Waals surface area (Å²) < 4.78 is 22.8. The molecular weight excluding hydrogens is 238 g/mol. The first-order valence-electron chi connectivity index (χ1n) is 5.89. The monoisotopic (exact) mass is 257 g/mol. The molecule has 0 amide bonds. The molecule has 96 valence electrons. The van der Waals surface area contributed by atoms with Crippen molar-refractivity contribution < 1.29 is 8.42 Å². The van der Waals surface area contributed by atoms with Crippen LogP contribution in [0.5, 0.6) is 0 Å². The van der Waals surface area contributed by atoms with Gasteiger partial charge in [-0.1, -0.05) is 0 Å². The van der Waals surface area contributed by atoms with E-state index in [4.69, 9.17) is 5.73 Å². The SMILES string of the molecule is NCCC(c1cc[nH]c1)N1CCS(=O)(=O)CC1. The first-order chi connectivity index (χ1) is 8.12. The molecule has 1 aliphatic rings. The Balaban J connectivity index is 2.08. The summed E-state index contributed by atoms with van der Waals surface area (Å²) in [7, 11) is -2.81. The third-order valence-corrected chi connectivity index (χ3v) is 4.88. The quantitative estimate of drug-likeness (QED) is 0.804. The number of hydrogen-bond acceptors (Lipinski definition) is 4. The van der Waals surface area contributed by atoms with Gasteiger partial charge in [0.05, 0.1) is 11.5 Å². The molecule has 6 heteroatoms. The minimum Gasteiger partial charge on any atom is -0.367 e. The predicted octanol–water partition coefficient (Wildman–Crippen LogP) is 0.135. The maximum Gasteiger partial charge on any atom is 0.152 e. The molecule has 1 saturated heterocycles. The van der Waals surface area contributed by atoms with Gasteiger partial charge in [0.15, 0.2) is 9.84 Å². The van der Waals surface area contributed by atoms with Crippen molar-refractivity contribution in [1.29, 1.82) is 0 Å². The topological polar surface area (TPSA) is 79.2 Å². The van der Waals surface area contributed by atoms with E-state index in [0.29, 0.717) is 19.6 Å². The summed E-state index contributed by atoms with van der Waals surface area (Å²) in [6.45, 7) is 1.83. The predicted molar refractivity (Wildman–Crippen MR) is 67.4 cm³/mol. The van der Waals surface area contributed by atoms with Gasteiger partial charge in [0.1, 0.15) is 0 Å². The zero-order valence-corrected chi connectivity index (χ0v) is 10.6. The lowest BCUT2D eigenvalue weighted by atomic mass is 10.1. The van der Waals surface area contributed by atoms with Crippen LogP contribution in [0.25, 0.3) is 0 Å². The third kappa shape index (κ3) is 3.08. The Kier molecular flexibility index (Phi) is 3.86. The molecule has 0 aromatic carbocycles. The summed E-state index contributed by atoms with van der Waals surface area (Å²) in [6, 6.07) is 2.27. The Morgan fingerprint density at radius 3 is 2.65 bits per heavy atom. The molecule has 0 bridgehead atoms. The van der Waals surface area contributed by atoms with Gasteiger partial charge in [0.2, 0.25) is 0 Å². The van der Waals surface area contributed by atoms with Gasteiger partial charge in [-0.15, -0.1) is 0 Å². The van der Waals surface area contributed by atoms with E-state index >= 15 is 0 Å². The lowest BCUT2D eigenvalue weighted by Gasteiger charge is -2.34. The summed E-state index contributed by atoms with van der Waals surface area (Å²) in [5.74, 6) is 0.525. The van der Waals surface area contributed by atoms with Crippen LogP contribution in [-0.2, 0) is 9.84 Å². The van der Waals surface area contributed by atoms with E-state index in [1.165, 1.54) is 5.56 Å². The van der Waals surface area contributed by atoms with Crippen molar-refractivity contribution >= 4 is 9.84 Å². The third-order valence-electron chi connectivity index (χ3n) is 3.27. The van der Waals surface area contributed by atoms with Gasteiger partial charge >= 0.3 is 0 Å². The number of nitrogens with two attached hydrogens (primary N) is 1. The fraction of sp³-hybridized carbons (Fsp3) is 0.636. The molecule has 1 aromatic rings. The Hall–Kier alpha value is -0.850. The van der Waals surface area contributed by atoms with Crippen molar-refractivity contribution in [2.45, 2.75) is 12.5 Å². The van der Waals surface area contributed by atoms with Crippen LogP contribution in [0.4, 0.5) is 0 Å². The van der Waals surface area contributed by atoms with E-state index < -0.39 is 9.84 Å². The van der Waals surface area contributed by atoms with E-state index in [1.807, 2.05) is 18.5 Å². The number of nitrogens with zero attached hydrogens (tertiary/aromatic N) is 1. The van der Waals surface area contributed by atoms with Crippen LogP contribution >= 0.6 is 0 Å². The molecule has 2 heterocycles. The van der Waals surface area contributed by atoms with Gasteiger partial charge in [-0.05, 0) is 24.6 Å². The highest BCUT2D eigenvalue weighted by molar-refractivity contribution is 7.91. The summed E-state index contributed by atoms with van der Waals surface area (Å²) in [5, 5.41) is 0. The van der Waals surface area contributed by atoms with Crippen molar-refractivity contribution in [3.8, 4) is 0 Å². The van der Waals surface area contributed by atoms with Gasteiger partial charge in [0, 0.05) is 31.5 Å². The van der Waals surface area contributed by atoms with E-state index in [0.717, 1.165) is 6.42 Å². The van der Waals surface area contributed by atoms with E-state index in [2.05, 4.69) is 9.88 Å². The fourth-order valence-electron chi connectivity index (χ4n) is 2.30. The average molecular weight is 257 g/mol. The Morgan fingerprint density at radius 1 is 1.41 bits per heavy atom. The number of aromatic nitrogens is 1. The second-order valence-corrected chi connectivity index (χ2v) is 6.73. The van der Waals surface area contributed by atoms with Crippen molar-refractivity contribution in [2.24, 2.45) is 5.73 Å². The van der Waals surface area contributed by atoms with Crippen molar-refractivity contribution in [1.82, 2.24) is 9.88 Å². The Labute approximate surface area is 102 Å². The largest absolute Gasteiger partial charge is 0.367 e. The second-order valence-electron chi connectivity index (χ2n) is 4.43. The van der Waals surface area contributed by atoms with Crippen LogP contribution in [0.3, 0.4) is 0 Å². The number of rotatable bonds is 4. The average Bonchev–Trinajstić information content (AvgIpc) is 2.80. The second kappa shape index (κ2) is 5.20. The number of nitrogens with one attached hydrogen (secondary N) is 1. The highest BCUT2D eigenvalue weighted by atomic mass is 32.2. The summed E-state index contributed by atoms with van der Waals surface area (Å²) in [4.78, 5) is 5.26. The van der Waals surface area contributed by atoms with Gasteiger partial charge in [-0.3, -0.25) is 4.90 Å². The normalized spacial score (nSPS) is 22.4. The van der Waals surface area contributed by atoms with Crippen LogP contribution in [0.1, 0.15) is 18.0 Å². The minimum absolute atomic E-state index is 0.238. The van der Waals surface area contributed by atoms with Crippen LogP contribution in [0.2, 0.25) is 0 Å². The highest BCUT2D eigenvalue weighted by Crippen LogP contribution is 2.25. The van der Waals surface area contributed by atoms with Gasteiger partial charge in [-0.2, -0.15) is 0 Å². The number of H-pyrrole nitrogens is 1. The molecule has 5 nitrogen and oxygen atoms in total. The van der Waals surface area contributed by atoms with Gasteiger partial charge in [-0.25, -0.2) is 8.42 Å². The highest BCUT2D eigenvalue weighted by Gasteiger charge is 2.27. The molecule has 1 fully saturated rings. The van der Waals surface area contributed by atoms with Crippen LogP contribution < -0.4 is 5.73 Å². The lowest BCUT2D eigenvalue weighted by Crippen LogP contribution is -2.42. The zero-order valence-electron chi connectivity index (χ0n) is 9.80. The van der Waals surface area contributed by atoms with E-state index in [9.17, 15) is 8.42 Å². The molecule has 2 rings (SSSR count). The Morgan fingerprint density at radius 2 is 2.12 bits per heavy atom. The molecule has 0 aliphatic carbocycles. The summed E-state index contributed by atoms with van der Waals surface area (Å²) >= 11 is 0. The maximum absolute atomic E-state index is 11.4. The molecule has 1 aliphatic heterocycles. The number of aromatic amines is 1. The van der Waals surface area contributed by atoms with Crippen molar-refractivity contribution in [2.75, 3.05) is 31.1 Å². The zero-order chi connectivity index (χ0) is 12.3. The Bertz CT molecular complexity index is 427. The standard InChI is InChI=1S/C11H19N3O2S/c12-3-1-11(10-2-4-13-9-10)14-5-7-17(15,16)8-6-14/h2,4,9,11,13H,1,3,5-8,12H2. The molecular formula is C11H19N3O2S. The van der Waals surface area contributed by atoms with Crippen molar-refractivity contribution in [3.63, 3.8) is 0 Å². The first-order valence-corrected chi connectivity index (χ1v) is 7.72. The van der Waals surface area contributed by atoms with Crippen LogP contribution in [0.15, 0.2) is 18.5 Å². The van der Waals surface area contributed by atoms with Crippen LogP contribution in [-0.4, -0.2) is 49.4 Å².